The molecule has 2 aromatic heterocycles. The van der Waals surface area contributed by atoms with Crippen LogP contribution in [-0.4, -0.2) is 34.3 Å². The van der Waals surface area contributed by atoms with Gasteiger partial charge in [0.1, 0.15) is 5.69 Å². The lowest BCUT2D eigenvalue weighted by Gasteiger charge is -2.26. The van der Waals surface area contributed by atoms with Gasteiger partial charge < -0.3 is 4.90 Å². The Labute approximate surface area is 122 Å². The largest absolute Gasteiger partial charge is 0.301 e. The SMILES string of the molecule is O=c1ccc(-c2cccs2)nn1CCN1CCCCC1. The maximum Gasteiger partial charge on any atom is 0.266 e. The second-order valence-corrected chi connectivity index (χ2v) is 6.11. The number of nitrogens with zero attached hydrogens (tertiary/aromatic N) is 3. The molecule has 3 heterocycles. The number of piperidine rings is 1. The van der Waals surface area contributed by atoms with Gasteiger partial charge in [0.15, 0.2) is 0 Å². The van der Waals surface area contributed by atoms with Gasteiger partial charge in [0.2, 0.25) is 0 Å². The predicted octanol–water partition coefficient (Wildman–Crippen LogP) is 2.46. The Kier molecular flexibility index (Phi) is 4.28. The normalized spacial score (nSPS) is 16.4. The lowest BCUT2D eigenvalue weighted by molar-refractivity contribution is 0.216. The summed E-state index contributed by atoms with van der Waals surface area (Å²) in [5.74, 6) is 0. The molecule has 0 aromatic carbocycles. The summed E-state index contributed by atoms with van der Waals surface area (Å²) in [5.41, 5.74) is 0.876. The summed E-state index contributed by atoms with van der Waals surface area (Å²) in [6.45, 7) is 3.90. The standard InChI is InChI=1S/C15H19N3OS/c19-15-7-6-13(14-5-4-12-20-14)16-18(15)11-10-17-8-2-1-3-9-17/h4-7,12H,1-3,8-11H2. The van der Waals surface area contributed by atoms with Crippen LogP contribution in [0.25, 0.3) is 10.6 Å². The number of aromatic nitrogens is 2. The lowest BCUT2D eigenvalue weighted by atomic mass is 10.1. The second-order valence-electron chi connectivity index (χ2n) is 5.16. The van der Waals surface area contributed by atoms with E-state index in [1.54, 1.807) is 22.1 Å². The van der Waals surface area contributed by atoms with E-state index in [0.29, 0.717) is 6.54 Å². The zero-order valence-electron chi connectivity index (χ0n) is 11.5. The molecule has 106 valence electrons. The smallest absolute Gasteiger partial charge is 0.266 e. The monoisotopic (exact) mass is 289 g/mol. The Hall–Kier alpha value is -1.46. The molecule has 1 saturated heterocycles. The first-order valence-electron chi connectivity index (χ1n) is 7.17. The number of hydrogen-bond acceptors (Lipinski definition) is 4. The van der Waals surface area contributed by atoms with Crippen LogP contribution in [0.15, 0.2) is 34.4 Å². The van der Waals surface area contributed by atoms with E-state index in [9.17, 15) is 4.79 Å². The van der Waals surface area contributed by atoms with Gasteiger partial charge in [0.25, 0.3) is 5.56 Å². The minimum absolute atomic E-state index is 0.0117. The Balaban J connectivity index is 1.72. The zero-order chi connectivity index (χ0) is 13.8. The van der Waals surface area contributed by atoms with E-state index < -0.39 is 0 Å². The summed E-state index contributed by atoms with van der Waals surface area (Å²) in [6.07, 6.45) is 3.89. The average molecular weight is 289 g/mol. The van der Waals surface area contributed by atoms with Crippen molar-refractivity contribution < 1.29 is 0 Å². The molecule has 5 heteroatoms. The highest BCUT2D eigenvalue weighted by Crippen LogP contribution is 2.21. The van der Waals surface area contributed by atoms with Gasteiger partial charge in [-0.1, -0.05) is 12.5 Å². The Morgan fingerprint density at radius 3 is 2.70 bits per heavy atom. The Morgan fingerprint density at radius 2 is 1.95 bits per heavy atom. The van der Waals surface area contributed by atoms with Gasteiger partial charge in [-0.2, -0.15) is 5.10 Å². The molecule has 0 bridgehead atoms. The fourth-order valence-corrected chi connectivity index (χ4v) is 3.27. The van der Waals surface area contributed by atoms with Crippen molar-refractivity contribution in [2.24, 2.45) is 0 Å². The summed E-state index contributed by atoms with van der Waals surface area (Å²) >= 11 is 1.65. The van der Waals surface area contributed by atoms with Crippen molar-refractivity contribution >= 4 is 11.3 Å². The van der Waals surface area contributed by atoms with Gasteiger partial charge in [0, 0.05) is 12.6 Å². The van der Waals surface area contributed by atoms with Gasteiger partial charge in [-0.05, 0) is 43.4 Å². The Morgan fingerprint density at radius 1 is 1.10 bits per heavy atom. The van der Waals surface area contributed by atoms with Crippen LogP contribution in [0.2, 0.25) is 0 Å². The lowest BCUT2D eigenvalue weighted by Crippen LogP contribution is -2.35. The highest BCUT2D eigenvalue weighted by Gasteiger charge is 2.11. The maximum absolute atomic E-state index is 11.9. The molecule has 0 radical (unpaired) electrons. The van der Waals surface area contributed by atoms with E-state index in [1.165, 1.54) is 19.3 Å². The quantitative estimate of drug-likeness (QED) is 0.868. The molecular weight excluding hydrogens is 270 g/mol. The average Bonchev–Trinajstić information content (AvgIpc) is 3.02. The van der Waals surface area contributed by atoms with Crippen LogP contribution in [0, 0.1) is 0 Å². The summed E-state index contributed by atoms with van der Waals surface area (Å²) in [5, 5.41) is 6.52. The van der Waals surface area contributed by atoms with Crippen LogP contribution in [0.3, 0.4) is 0 Å². The zero-order valence-corrected chi connectivity index (χ0v) is 12.3. The third-order valence-electron chi connectivity index (χ3n) is 3.72. The van der Waals surface area contributed by atoms with Crippen LogP contribution in [0.5, 0.6) is 0 Å². The fourth-order valence-electron chi connectivity index (χ4n) is 2.58. The van der Waals surface area contributed by atoms with Crippen LogP contribution in [0.1, 0.15) is 19.3 Å². The van der Waals surface area contributed by atoms with Crippen molar-refractivity contribution in [3.63, 3.8) is 0 Å². The van der Waals surface area contributed by atoms with E-state index in [2.05, 4.69) is 10.00 Å². The minimum atomic E-state index is -0.0117. The van der Waals surface area contributed by atoms with Gasteiger partial charge in [-0.25, -0.2) is 4.68 Å². The molecule has 0 spiro atoms. The van der Waals surface area contributed by atoms with Crippen molar-refractivity contribution in [2.75, 3.05) is 19.6 Å². The molecule has 1 aliphatic rings. The van der Waals surface area contributed by atoms with Gasteiger partial charge in [-0.3, -0.25) is 4.79 Å². The molecule has 0 N–H and O–H groups in total. The highest BCUT2D eigenvalue weighted by atomic mass is 32.1. The first-order valence-corrected chi connectivity index (χ1v) is 8.05. The summed E-state index contributed by atoms with van der Waals surface area (Å²) in [6, 6.07) is 7.47. The molecule has 20 heavy (non-hydrogen) atoms. The van der Waals surface area contributed by atoms with Crippen molar-refractivity contribution in [3.8, 4) is 10.6 Å². The number of thiophene rings is 1. The molecule has 0 unspecified atom stereocenters. The molecule has 4 nitrogen and oxygen atoms in total. The summed E-state index contributed by atoms with van der Waals surface area (Å²) in [4.78, 5) is 15.4. The van der Waals surface area contributed by atoms with Gasteiger partial charge >= 0.3 is 0 Å². The fraction of sp³-hybridized carbons (Fsp3) is 0.467. The maximum atomic E-state index is 11.9. The topological polar surface area (TPSA) is 38.1 Å². The predicted molar refractivity (Wildman–Crippen MR) is 82.1 cm³/mol. The van der Waals surface area contributed by atoms with Crippen LogP contribution >= 0.6 is 11.3 Å². The van der Waals surface area contributed by atoms with E-state index >= 15 is 0 Å². The molecular formula is C15H19N3OS. The molecule has 2 aromatic rings. The van der Waals surface area contributed by atoms with E-state index in [0.717, 1.165) is 30.2 Å². The van der Waals surface area contributed by atoms with Crippen molar-refractivity contribution in [3.05, 3.63) is 40.0 Å². The molecule has 0 amide bonds. The van der Waals surface area contributed by atoms with Crippen LogP contribution in [-0.2, 0) is 6.54 Å². The van der Waals surface area contributed by atoms with Crippen LogP contribution < -0.4 is 5.56 Å². The molecule has 3 rings (SSSR count). The summed E-state index contributed by atoms with van der Waals surface area (Å²) in [7, 11) is 0. The number of rotatable bonds is 4. The first kappa shape index (κ1) is 13.5. The van der Waals surface area contributed by atoms with E-state index in [-0.39, 0.29) is 5.56 Å². The second kappa shape index (κ2) is 6.33. The van der Waals surface area contributed by atoms with E-state index in [1.807, 2.05) is 23.6 Å². The van der Waals surface area contributed by atoms with Crippen molar-refractivity contribution in [1.29, 1.82) is 0 Å². The molecule has 0 aliphatic carbocycles. The number of likely N-dealkylation sites (tertiary alicyclic amines) is 1. The molecule has 0 saturated carbocycles. The number of hydrogen-bond donors (Lipinski definition) is 0. The van der Waals surface area contributed by atoms with Crippen molar-refractivity contribution in [2.45, 2.75) is 25.8 Å². The van der Waals surface area contributed by atoms with Crippen molar-refractivity contribution in [1.82, 2.24) is 14.7 Å². The molecule has 1 fully saturated rings. The third-order valence-corrected chi connectivity index (χ3v) is 4.61. The highest BCUT2D eigenvalue weighted by molar-refractivity contribution is 7.13. The Bertz CT molecular complexity index is 600. The van der Waals surface area contributed by atoms with Gasteiger partial charge in [0.05, 0.1) is 11.4 Å². The molecule has 0 atom stereocenters. The van der Waals surface area contributed by atoms with Gasteiger partial charge in [-0.15, -0.1) is 11.3 Å². The first-order chi connectivity index (χ1) is 9.83. The molecule has 1 aliphatic heterocycles. The van der Waals surface area contributed by atoms with E-state index in [4.69, 9.17) is 0 Å². The minimum Gasteiger partial charge on any atom is -0.301 e. The summed E-state index contributed by atoms with van der Waals surface area (Å²) < 4.78 is 1.60. The third kappa shape index (κ3) is 3.16. The van der Waals surface area contributed by atoms with Crippen LogP contribution in [0.4, 0.5) is 0 Å².